The van der Waals surface area contributed by atoms with Crippen LogP contribution in [0.2, 0.25) is 0 Å². The second-order valence-corrected chi connectivity index (χ2v) is 8.44. The van der Waals surface area contributed by atoms with Gasteiger partial charge in [0.15, 0.2) is 0 Å². The second kappa shape index (κ2) is 9.49. The number of hydrogen-bond donors (Lipinski definition) is 1. The average molecular weight is 504 g/mol. The van der Waals surface area contributed by atoms with Crippen LogP contribution in [0.15, 0.2) is 87.3 Å². The third-order valence-electron chi connectivity index (χ3n) is 3.90. The van der Waals surface area contributed by atoms with Gasteiger partial charge in [-0.25, -0.2) is 5.43 Å². The molecule has 1 N–H and O–H groups in total. The zero-order valence-electron chi connectivity index (χ0n) is 15.6. The van der Waals surface area contributed by atoms with Crippen LogP contribution < -0.4 is 9.61 Å². The predicted octanol–water partition coefficient (Wildman–Crippen LogP) is 3.89. The van der Waals surface area contributed by atoms with Gasteiger partial charge in [-0.05, 0) is 57.9 Å². The van der Waals surface area contributed by atoms with Crippen LogP contribution in [0.5, 0.6) is 5.75 Å². The van der Waals surface area contributed by atoms with E-state index in [1.807, 2.05) is 0 Å². The Balaban J connectivity index is 1.69. The Kier molecular flexibility index (Phi) is 6.78. The third kappa shape index (κ3) is 5.74. The first-order valence-electron chi connectivity index (χ1n) is 8.63. The molecule has 0 aliphatic carbocycles. The van der Waals surface area contributed by atoms with Gasteiger partial charge in [-0.3, -0.25) is 14.9 Å². The third-order valence-corrected chi connectivity index (χ3v) is 5.85. The first-order valence-corrected chi connectivity index (χ1v) is 10.8. The second-order valence-electron chi connectivity index (χ2n) is 6.04. The Hall–Kier alpha value is -3.57. The molecule has 0 atom stereocenters. The first-order chi connectivity index (χ1) is 14.8. The molecule has 3 aromatic carbocycles. The van der Waals surface area contributed by atoms with Gasteiger partial charge < -0.3 is 4.18 Å². The fourth-order valence-electron chi connectivity index (χ4n) is 2.43. The number of hydrazone groups is 1. The van der Waals surface area contributed by atoms with E-state index in [1.54, 1.807) is 36.4 Å². The van der Waals surface area contributed by atoms with Gasteiger partial charge in [0.05, 0.1) is 16.7 Å². The van der Waals surface area contributed by atoms with Gasteiger partial charge in [-0.15, -0.1) is 0 Å². The van der Waals surface area contributed by atoms with E-state index in [4.69, 9.17) is 4.18 Å². The number of nitro groups is 1. The summed E-state index contributed by atoms with van der Waals surface area (Å²) < 4.78 is 30.5. The predicted molar refractivity (Wildman–Crippen MR) is 117 cm³/mol. The molecule has 0 saturated heterocycles. The molecule has 1 amide bonds. The van der Waals surface area contributed by atoms with E-state index in [2.05, 4.69) is 26.5 Å². The van der Waals surface area contributed by atoms with E-state index in [0.29, 0.717) is 15.6 Å². The molecule has 0 bridgehead atoms. The van der Waals surface area contributed by atoms with Crippen LogP contribution in [0.3, 0.4) is 0 Å². The van der Waals surface area contributed by atoms with Crippen molar-refractivity contribution in [3.63, 3.8) is 0 Å². The maximum Gasteiger partial charge on any atom is 0.339 e. The molecule has 31 heavy (non-hydrogen) atoms. The summed E-state index contributed by atoms with van der Waals surface area (Å²) in [4.78, 5) is 22.0. The molecule has 0 aliphatic heterocycles. The monoisotopic (exact) mass is 503 g/mol. The van der Waals surface area contributed by atoms with E-state index in [9.17, 15) is 23.3 Å². The van der Waals surface area contributed by atoms with Gasteiger partial charge >= 0.3 is 10.1 Å². The van der Waals surface area contributed by atoms with Crippen LogP contribution in [0.1, 0.15) is 15.9 Å². The number of nitro benzene ring substituents is 1. The Morgan fingerprint density at radius 3 is 2.45 bits per heavy atom. The summed E-state index contributed by atoms with van der Waals surface area (Å²) in [6, 6.07) is 17.2. The van der Waals surface area contributed by atoms with Crippen LogP contribution in [0.25, 0.3) is 0 Å². The Labute approximate surface area is 185 Å². The normalized spacial score (nSPS) is 11.3. The molecule has 0 fully saturated rings. The van der Waals surface area contributed by atoms with Crippen molar-refractivity contribution in [2.45, 2.75) is 4.90 Å². The first kappa shape index (κ1) is 22.1. The van der Waals surface area contributed by atoms with Crippen molar-refractivity contribution in [3.05, 3.63) is 98.5 Å². The number of hydrogen-bond acceptors (Lipinski definition) is 7. The lowest BCUT2D eigenvalue weighted by Crippen LogP contribution is -2.18. The van der Waals surface area contributed by atoms with Gasteiger partial charge in [-0.2, -0.15) is 13.5 Å². The number of non-ortho nitro benzene ring substituents is 1. The standard InChI is InChI=1S/C20H14BrN3O6S/c21-19-7-2-1-6-18(19)20(25)23-22-13-14-4-3-5-16(12-14)30-31(28,29)17-10-8-15(9-11-17)24(26)27/h1-13H,(H,23,25)/b22-13+. The van der Waals surface area contributed by atoms with Gasteiger partial charge in [-0.1, -0.05) is 24.3 Å². The minimum Gasteiger partial charge on any atom is -0.379 e. The number of halogens is 1. The van der Waals surface area contributed by atoms with Crippen molar-refractivity contribution in [3.8, 4) is 5.75 Å². The molecule has 3 rings (SSSR count). The van der Waals surface area contributed by atoms with Crippen molar-refractivity contribution in [2.75, 3.05) is 0 Å². The average Bonchev–Trinajstić information content (AvgIpc) is 2.74. The van der Waals surface area contributed by atoms with Crippen molar-refractivity contribution in [1.29, 1.82) is 0 Å². The van der Waals surface area contributed by atoms with Gasteiger partial charge in [0.1, 0.15) is 10.6 Å². The minimum absolute atomic E-state index is 0.0134. The van der Waals surface area contributed by atoms with Crippen molar-refractivity contribution < 1.29 is 22.3 Å². The Morgan fingerprint density at radius 2 is 1.77 bits per heavy atom. The largest absolute Gasteiger partial charge is 0.379 e. The van der Waals surface area contributed by atoms with E-state index in [0.717, 1.165) is 24.3 Å². The fraction of sp³-hybridized carbons (Fsp3) is 0. The summed E-state index contributed by atoms with van der Waals surface area (Å²) in [5, 5.41) is 14.6. The number of carbonyl (C=O) groups excluding carboxylic acids is 1. The van der Waals surface area contributed by atoms with E-state index in [-0.39, 0.29) is 16.3 Å². The fourth-order valence-corrected chi connectivity index (χ4v) is 3.81. The molecule has 0 saturated carbocycles. The summed E-state index contributed by atoms with van der Waals surface area (Å²) >= 11 is 3.28. The van der Waals surface area contributed by atoms with Crippen LogP contribution in [0, 0.1) is 10.1 Å². The topological polar surface area (TPSA) is 128 Å². The van der Waals surface area contributed by atoms with E-state index < -0.39 is 20.9 Å². The zero-order valence-corrected chi connectivity index (χ0v) is 18.0. The number of nitrogens with one attached hydrogen (secondary N) is 1. The van der Waals surface area contributed by atoms with Crippen LogP contribution >= 0.6 is 15.9 Å². The lowest BCUT2D eigenvalue weighted by Gasteiger charge is -2.07. The molecule has 0 radical (unpaired) electrons. The van der Waals surface area contributed by atoms with Crippen LogP contribution in [-0.4, -0.2) is 25.5 Å². The van der Waals surface area contributed by atoms with Gasteiger partial charge in [0, 0.05) is 16.6 Å². The minimum atomic E-state index is -4.19. The molecular weight excluding hydrogens is 490 g/mol. The maximum absolute atomic E-state index is 12.4. The highest BCUT2D eigenvalue weighted by atomic mass is 79.9. The zero-order chi connectivity index (χ0) is 22.4. The van der Waals surface area contributed by atoms with E-state index in [1.165, 1.54) is 18.3 Å². The molecule has 0 unspecified atom stereocenters. The number of benzene rings is 3. The molecule has 158 valence electrons. The summed E-state index contributed by atoms with van der Waals surface area (Å²) in [7, 11) is -4.19. The molecule has 0 heterocycles. The van der Waals surface area contributed by atoms with Crippen LogP contribution in [0.4, 0.5) is 5.69 Å². The molecule has 0 aliphatic rings. The maximum atomic E-state index is 12.4. The summed E-state index contributed by atoms with van der Waals surface area (Å²) in [6.07, 6.45) is 1.33. The number of carbonyl (C=O) groups is 1. The molecule has 9 nitrogen and oxygen atoms in total. The van der Waals surface area contributed by atoms with Gasteiger partial charge in [0.2, 0.25) is 0 Å². The number of nitrogens with zero attached hydrogens (tertiary/aromatic N) is 2. The highest BCUT2D eigenvalue weighted by Crippen LogP contribution is 2.21. The molecule has 0 aromatic heterocycles. The number of rotatable bonds is 7. The highest BCUT2D eigenvalue weighted by Gasteiger charge is 2.18. The SMILES string of the molecule is O=C(N/N=C/c1cccc(OS(=O)(=O)c2ccc([N+](=O)[O-])cc2)c1)c1ccccc1Br. The quantitative estimate of drug-likeness (QED) is 0.225. The van der Waals surface area contributed by atoms with Crippen molar-refractivity contribution in [1.82, 2.24) is 5.43 Å². The number of amides is 1. The highest BCUT2D eigenvalue weighted by molar-refractivity contribution is 9.10. The lowest BCUT2D eigenvalue weighted by molar-refractivity contribution is -0.384. The van der Waals surface area contributed by atoms with E-state index >= 15 is 0 Å². The molecule has 3 aromatic rings. The molecule has 11 heteroatoms. The molecule has 0 spiro atoms. The molecular formula is C20H14BrN3O6S. The smallest absolute Gasteiger partial charge is 0.339 e. The van der Waals surface area contributed by atoms with Crippen molar-refractivity contribution >= 4 is 43.9 Å². The van der Waals surface area contributed by atoms with Crippen molar-refractivity contribution in [2.24, 2.45) is 5.10 Å². The summed E-state index contributed by atoms with van der Waals surface area (Å²) in [5.41, 5.74) is 3.03. The van der Waals surface area contributed by atoms with Crippen LogP contribution in [-0.2, 0) is 10.1 Å². The summed E-state index contributed by atoms with van der Waals surface area (Å²) in [6.45, 7) is 0. The Bertz CT molecular complexity index is 1260. The Morgan fingerprint density at radius 1 is 1.06 bits per heavy atom. The summed E-state index contributed by atoms with van der Waals surface area (Å²) in [5.74, 6) is -0.406. The van der Waals surface area contributed by atoms with Gasteiger partial charge in [0.25, 0.3) is 11.6 Å². The lowest BCUT2D eigenvalue weighted by atomic mass is 10.2.